The number of thioether (sulfide) groups is 1. The molecule has 15 heavy (non-hydrogen) atoms. The fourth-order valence-electron chi connectivity index (χ4n) is 1.51. The predicted molar refractivity (Wildman–Crippen MR) is 70.3 cm³/mol. The quantitative estimate of drug-likeness (QED) is 0.474. The topological polar surface area (TPSA) is 17.1 Å². The van der Waals surface area contributed by atoms with Crippen LogP contribution in [-0.4, -0.2) is 16.9 Å². The zero-order chi connectivity index (χ0) is 11.4. The van der Waals surface area contributed by atoms with Gasteiger partial charge in [0.15, 0.2) is 5.78 Å². The van der Waals surface area contributed by atoms with Crippen LogP contribution in [0.1, 0.15) is 29.8 Å². The van der Waals surface area contributed by atoms with E-state index < -0.39 is 0 Å². The number of carbonyl (C=O) groups excluding carboxylic acids is 1. The summed E-state index contributed by atoms with van der Waals surface area (Å²) in [5.41, 5.74) is 2.09. The molecule has 0 spiro atoms. The fraction of sp³-hybridized carbons (Fsp3) is 0.417. The van der Waals surface area contributed by atoms with Gasteiger partial charge in [0.05, 0.1) is 4.83 Å². The molecule has 0 aliphatic heterocycles. The van der Waals surface area contributed by atoms with E-state index in [0.717, 1.165) is 16.9 Å². The van der Waals surface area contributed by atoms with Gasteiger partial charge in [-0.2, -0.15) is 0 Å². The molecule has 0 radical (unpaired) electrons. The molecule has 1 aromatic carbocycles. The van der Waals surface area contributed by atoms with Gasteiger partial charge in [-0.25, -0.2) is 0 Å². The van der Waals surface area contributed by atoms with Gasteiger partial charge in [-0.1, -0.05) is 41.1 Å². The van der Waals surface area contributed by atoms with Crippen LogP contribution in [0.15, 0.2) is 23.1 Å². The van der Waals surface area contributed by atoms with Crippen LogP contribution in [-0.2, 0) is 6.42 Å². The van der Waals surface area contributed by atoms with Gasteiger partial charge in [-0.05, 0) is 25.2 Å². The summed E-state index contributed by atoms with van der Waals surface area (Å²) in [6.07, 6.45) is 2.98. The summed E-state index contributed by atoms with van der Waals surface area (Å²) in [5.74, 6) is 0.162. The third-order valence-electron chi connectivity index (χ3n) is 2.31. The van der Waals surface area contributed by atoms with Crippen molar-refractivity contribution in [1.82, 2.24) is 0 Å². The second kappa shape index (κ2) is 5.71. The molecule has 0 saturated carbocycles. The molecular formula is C12H15BrOS. The lowest BCUT2D eigenvalue weighted by Crippen LogP contribution is -2.12. The van der Waals surface area contributed by atoms with E-state index >= 15 is 0 Å². The van der Waals surface area contributed by atoms with Crippen molar-refractivity contribution in [2.45, 2.75) is 30.0 Å². The lowest BCUT2D eigenvalue weighted by Gasteiger charge is -2.11. The molecule has 0 bridgehead atoms. The third-order valence-corrected chi connectivity index (χ3v) is 3.61. The highest BCUT2D eigenvalue weighted by Crippen LogP contribution is 2.27. The fourth-order valence-corrected chi connectivity index (χ4v) is 2.62. The van der Waals surface area contributed by atoms with E-state index in [2.05, 4.69) is 28.9 Å². The zero-order valence-electron chi connectivity index (χ0n) is 9.21. The molecule has 0 aliphatic rings. The maximum absolute atomic E-state index is 11.9. The lowest BCUT2D eigenvalue weighted by molar-refractivity contribution is 0.0993. The molecular weight excluding hydrogens is 272 g/mol. The molecule has 1 aromatic rings. The van der Waals surface area contributed by atoms with Crippen molar-refractivity contribution < 1.29 is 4.79 Å². The number of aryl methyl sites for hydroxylation is 1. The lowest BCUT2D eigenvalue weighted by atomic mass is 10.0. The molecule has 1 nitrogen and oxygen atoms in total. The number of halogens is 1. The van der Waals surface area contributed by atoms with Gasteiger partial charge in [0, 0.05) is 10.5 Å². The van der Waals surface area contributed by atoms with Gasteiger partial charge in [-0.15, -0.1) is 11.8 Å². The number of benzene rings is 1. The molecule has 0 aromatic heterocycles. The minimum atomic E-state index is -0.115. The number of hydrogen-bond donors (Lipinski definition) is 0. The zero-order valence-corrected chi connectivity index (χ0v) is 11.6. The highest BCUT2D eigenvalue weighted by Gasteiger charge is 2.17. The normalized spacial score (nSPS) is 12.5. The standard InChI is InChI=1S/C12H15BrOS/c1-4-9-6-5-7-10(12(9)15-3)11(14)8(2)13/h5-8H,4H2,1-3H3. The molecule has 0 N–H and O–H groups in total. The molecule has 0 amide bonds. The van der Waals surface area contributed by atoms with E-state index in [0.29, 0.717) is 0 Å². The van der Waals surface area contributed by atoms with Crippen molar-refractivity contribution in [3.63, 3.8) is 0 Å². The maximum atomic E-state index is 11.9. The Kier molecular flexibility index (Phi) is 4.87. The van der Waals surface area contributed by atoms with E-state index in [-0.39, 0.29) is 10.6 Å². The summed E-state index contributed by atoms with van der Waals surface area (Å²) in [6.45, 7) is 3.98. The average molecular weight is 287 g/mol. The van der Waals surface area contributed by atoms with Gasteiger partial charge in [-0.3, -0.25) is 4.79 Å². The van der Waals surface area contributed by atoms with Crippen molar-refractivity contribution in [2.24, 2.45) is 0 Å². The van der Waals surface area contributed by atoms with Gasteiger partial charge in [0.2, 0.25) is 0 Å². The predicted octanol–water partition coefficient (Wildman–Crippen LogP) is 3.94. The van der Waals surface area contributed by atoms with Gasteiger partial charge in [0.1, 0.15) is 0 Å². The van der Waals surface area contributed by atoms with Crippen LogP contribution in [0.2, 0.25) is 0 Å². The van der Waals surface area contributed by atoms with Crippen LogP contribution in [0, 0.1) is 0 Å². The SMILES string of the molecule is CCc1cccc(C(=O)C(C)Br)c1SC. The summed E-state index contributed by atoms with van der Waals surface area (Å²) < 4.78 is 0. The summed E-state index contributed by atoms with van der Waals surface area (Å²) >= 11 is 4.98. The first-order valence-electron chi connectivity index (χ1n) is 4.96. The van der Waals surface area contributed by atoms with Crippen molar-refractivity contribution in [3.8, 4) is 0 Å². The van der Waals surface area contributed by atoms with Crippen molar-refractivity contribution in [3.05, 3.63) is 29.3 Å². The Hall–Kier alpha value is -0.280. The second-order valence-corrected chi connectivity index (χ2v) is 5.52. The van der Waals surface area contributed by atoms with Crippen LogP contribution in [0.25, 0.3) is 0 Å². The molecule has 0 heterocycles. The Balaban J connectivity index is 3.23. The third kappa shape index (κ3) is 2.85. The minimum Gasteiger partial charge on any atom is -0.293 e. The van der Waals surface area contributed by atoms with Crippen molar-refractivity contribution >= 4 is 33.5 Å². The number of carbonyl (C=O) groups is 1. The first-order valence-corrected chi connectivity index (χ1v) is 7.10. The van der Waals surface area contributed by atoms with E-state index in [1.54, 1.807) is 11.8 Å². The number of rotatable bonds is 4. The summed E-state index contributed by atoms with van der Waals surface area (Å²) in [6, 6.07) is 5.95. The van der Waals surface area contributed by atoms with Crippen LogP contribution in [0.4, 0.5) is 0 Å². The minimum absolute atomic E-state index is 0.115. The Bertz CT molecular complexity index is 361. The highest BCUT2D eigenvalue weighted by atomic mass is 79.9. The Morgan fingerprint density at radius 2 is 2.20 bits per heavy atom. The highest BCUT2D eigenvalue weighted by molar-refractivity contribution is 9.10. The average Bonchev–Trinajstić information content (AvgIpc) is 2.26. The van der Waals surface area contributed by atoms with E-state index in [1.165, 1.54) is 5.56 Å². The summed E-state index contributed by atoms with van der Waals surface area (Å²) in [4.78, 5) is 12.9. The summed E-state index contributed by atoms with van der Waals surface area (Å²) in [5, 5.41) is 0. The van der Waals surface area contributed by atoms with Crippen LogP contribution in [0.3, 0.4) is 0 Å². The monoisotopic (exact) mass is 286 g/mol. The number of hydrogen-bond acceptors (Lipinski definition) is 2. The smallest absolute Gasteiger partial charge is 0.177 e. The van der Waals surface area contributed by atoms with Crippen LogP contribution >= 0.6 is 27.7 Å². The largest absolute Gasteiger partial charge is 0.293 e. The number of ketones is 1. The maximum Gasteiger partial charge on any atom is 0.177 e. The molecule has 0 aliphatic carbocycles. The second-order valence-electron chi connectivity index (χ2n) is 3.33. The van der Waals surface area contributed by atoms with E-state index in [9.17, 15) is 4.79 Å². The molecule has 1 atom stereocenters. The van der Waals surface area contributed by atoms with Crippen molar-refractivity contribution in [1.29, 1.82) is 0 Å². The van der Waals surface area contributed by atoms with Crippen molar-refractivity contribution in [2.75, 3.05) is 6.26 Å². The van der Waals surface area contributed by atoms with E-state index in [1.807, 2.05) is 25.3 Å². The van der Waals surface area contributed by atoms with E-state index in [4.69, 9.17) is 0 Å². The molecule has 0 saturated heterocycles. The van der Waals surface area contributed by atoms with Gasteiger partial charge in [0.25, 0.3) is 0 Å². The number of Topliss-reactive ketones (excluding diaryl/α,β-unsaturated/α-hetero) is 1. The summed E-state index contributed by atoms with van der Waals surface area (Å²) in [7, 11) is 0. The van der Waals surface area contributed by atoms with Gasteiger partial charge >= 0.3 is 0 Å². The molecule has 1 rings (SSSR count). The Morgan fingerprint density at radius 1 is 1.53 bits per heavy atom. The Labute approximate surface area is 104 Å². The van der Waals surface area contributed by atoms with Crippen LogP contribution < -0.4 is 0 Å². The molecule has 0 fully saturated rings. The molecule has 1 unspecified atom stereocenters. The number of alkyl halides is 1. The van der Waals surface area contributed by atoms with Crippen LogP contribution in [0.5, 0.6) is 0 Å². The van der Waals surface area contributed by atoms with Gasteiger partial charge < -0.3 is 0 Å². The Morgan fingerprint density at radius 3 is 2.67 bits per heavy atom. The first kappa shape index (κ1) is 12.8. The first-order chi connectivity index (χ1) is 7.11. The molecule has 3 heteroatoms. The molecule has 82 valence electrons.